The van der Waals surface area contributed by atoms with Gasteiger partial charge in [-0.3, -0.25) is 4.79 Å². The van der Waals surface area contributed by atoms with Crippen molar-refractivity contribution in [1.82, 2.24) is 10.2 Å². The molecule has 96 valence electrons. The van der Waals surface area contributed by atoms with Gasteiger partial charge in [-0.2, -0.15) is 0 Å². The third kappa shape index (κ3) is 2.76. The van der Waals surface area contributed by atoms with Crippen molar-refractivity contribution in [2.75, 3.05) is 33.0 Å². The summed E-state index contributed by atoms with van der Waals surface area (Å²) >= 11 is 0. The molecule has 2 heterocycles. The molecule has 3 amide bonds. The zero-order valence-electron chi connectivity index (χ0n) is 10.2. The average Bonchev–Trinajstić information content (AvgIpc) is 2.59. The van der Waals surface area contributed by atoms with Crippen LogP contribution in [0.4, 0.5) is 4.79 Å². The Morgan fingerprint density at radius 2 is 2.12 bits per heavy atom. The molecule has 6 nitrogen and oxygen atoms in total. The van der Waals surface area contributed by atoms with E-state index in [0.29, 0.717) is 19.9 Å². The quantitative estimate of drug-likeness (QED) is 0.595. The minimum Gasteiger partial charge on any atom is -0.370 e. The van der Waals surface area contributed by atoms with E-state index >= 15 is 0 Å². The highest BCUT2D eigenvalue weighted by molar-refractivity contribution is 6.03. The van der Waals surface area contributed by atoms with Gasteiger partial charge >= 0.3 is 6.03 Å². The normalized spacial score (nSPS) is 26.4. The zero-order chi connectivity index (χ0) is 12.3. The number of carbonyl (C=O) groups excluding carboxylic acids is 2. The van der Waals surface area contributed by atoms with Crippen LogP contribution in [0, 0.1) is 0 Å². The monoisotopic (exact) mass is 242 g/mol. The van der Waals surface area contributed by atoms with Gasteiger partial charge in [-0.25, -0.2) is 9.69 Å². The zero-order valence-corrected chi connectivity index (χ0v) is 10.2. The first-order valence-corrected chi connectivity index (χ1v) is 6.25. The average molecular weight is 242 g/mol. The van der Waals surface area contributed by atoms with Crippen molar-refractivity contribution >= 4 is 11.9 Å². The minimum atomic E-state index is -0.312. The summed E-state index contributed by atoms with van der Waals surface area (Å²) in [6, 6.07) is -0.555. The summed E-state index contributed by atoms with van der Waals surface area (Å²) in [7, 11) is 0. The summed E-state index contributed by atoms with van der Waals surface area (Å²) < 4.78 is 5.25. The third-order valence-electron chi connectivity index (χ3n) is 3.27. The van der Waals surface area contributed by atoms with Gasteiger partial charge in [0, 0.05) is 0 Å². The van der Waals surface area contributed by atoms with Gasteiger partial charge in [0.25, 0.3) is 5.91 Å². The lowest BCUT2D eigenvalue weighted by Gasteiger charge is -2.26. The lowest BCUT2D eigenvalue weighted by Crippen LogP contribution is -3.15. The fourth-order valence-corrected chi connectivity index (χ4v) is 2.25. The van der Waals surface area contributed by atoms with E-state index in [2.05, 4.69) is 5.32 Å². The lowest BCUT2D eigenvalue weighted by atomic mass is 10.2. The molecule has 2 fully saturated rings. The topological polar surface area (TPSA) is 63.1 Å². The van der Waals surface area contributed by atoms with E-state index in [1.807, 2.05) is 6.92 Å². The first kappa shape index (κ1) is 12.3. The number of hydrogen-bond acceptors (Lipinski definition) is 3. The predicted molar refractivity (Wildman–Crippen MR) is 60.5 cm³/mol. The number of urea groups is 1. The molecule has 2 saturated heterocycles. The van der Waals surface area contributed by atoms with Crippen LogP contribution in [0.5, 0.6) is 0 Å². The maximum Gasteiger partial charge on any atom is 0.329 e. The molecule has 6 heteroatoms. The highest BCUT2D eigenvalue weighted by atomic mass is 16.5. The molecule has 2 rings (SSSR count). The molecular weight excluding hydrogens is 222 g/mol. The van der Waals surface area contributed by atoms with Gasteiger partial charge in [-0.15, -0.1) is 0 Å². The van der Waals surface area contributed by atoms with Crippen molar-refractivity contribution in [2.24, 2.45) is 0 Å². The number of hydrogen-bond donors (Lipinski definition) is 2. The van der Waals surface area contributed by atoms with Crippen molar-refractivity contribution in [3.8, 4) is 0 Å². The van der Waals surface area contributed by atoms with E-state index < -0.39 is 0 Å². The summed E-state index contributed by atoms with van der Waals surface area (Å²) in [6.07, 6.45) is 1.62. The third-order valence-corrected chi connectivity index (χ3v) is 3.27. The SMILES string of the molecule is CCC[C@H]1NC(=O)N(C[NH+]2CCOCC2)C1=O. The molecule has 0 aromatic rings. The Balaban J connectivity index is 1.91. The van der Waals surface area contributed by atoms with E-state index in [1.165, 1.54) is 9.80 Å². The van der Waals surface area contributed by atoms with Crippen molar-refractivity contribution in [3.63, 3.8) is 0 Å². The van der Waals surface area contributed by atoms with Crippen molar-refractivity contribution < 1.29 is 19.2 Å². The van der Waals surface area contributed by atoms with Gasteiger partial charge in [-0.05, 0) is 6.42 Å². The van der Waals surface area contributed by atoms with Gasteiger partial charge in [-0.1, -0.05) is 13.3 Å². The molecule has 0 aliphatic carbocycles. The Hall–Kier alpha value is -1.14. The molecule has 1 atom stereocenters. The number of rotatable bonds is 4. The van der Waals surface area contributed by atoms with Gasteiger partial charge in [0.05, 0.1) is 13.2 Å². The molecular formula is C11H20N3O3+. The number of carbonyl (C=O) groups is 2. The smallest absolute Gasteiger partial charge is 0.329 e. The van der Waals surface area contributed by atoms with Gasteiger partial charge < -0.3 is 15.0 Å². The van der Waals surface area contributed by atoms with Crippen molar-refractivity contribution in [2.45, 2.75) is 25.8 Å². The van der Waals surface area contributed by atoms with Crippen LogP contribution in [-0.4, -0.2) is 55.9 Å². The summed E-state index contributed by atoms with van der Waals surface area (Å²) in [5.74, 6) is -0.0733. The maximum absolute atomic E-state index is 12.0. The summed E-state index contributed by atoms with van der Waals surface area (Å²) in [4.78, 5) is 26.3. The number of amides is 3. The van der Waals surface area contributed by atoms with Crippen LogP contribution >= 0.6 is 0 Å². The fourth-order valence-electron chi connectivity index (χ4n) is 2.25. The molecule has 2 N–H and O–H groups in total. The first-order chi connectivity index (χ1) is 8.22. The molecule has 2 aliphatic heterocycles. The highest BCUT2D eigenvalue weighted by Gasteiger charge is 2.39. The highest BCUT2D eigenvalue weighted by Crippen LogP contribution is 2.09. The fraction of sp³-hybridized carbons (Fsp3) is 0.818. The minimum absolute atomic E-state index is 0.0733. The predicted octanol–water partition coefficient (Wildman–Crippen LogP) is -1.42. The van der Waals surface area contributed by atoms with Crippen LogP contribution in [0.2, 0.25) is 0 Å². The molecule has 17 heavy (non-hydrogen) atoms. The van der Waals surface area contributed by atoms with Crippen LogP contribution < -0.4 is 10.2 Å². The largest absolute Gasteiger partial charge is 0.370 e. The van der Waals surface area contributed by atoms with E-state index in [-0.39, 0.29) is 18.0 Å². The van der Waals surface area contributed by atoms with Crippen molar-refractivity contribution in [1.29, 1.82) is 0 Å². The van der Waals surface area contributed by atoms with Crippen LogP contribution in [-0.2, 0) is 9.53 Å². The molecule has 0 unspecified atom stereocenters. The van der Waals surface area contributed by atoms with Gasteiger partial charge in [0.1, 0.15) is 19.1 Å². The van der Waals surface area contributed by atoms with Gasteiger partial charge in [0.2, 0.25) is 0 Å². The number of imide groups is 1. The second-order valence-electron chi connectivity index (χ2n) is 4.58. The van der Waals surface area contributed by atoms with Crippen LogP contribution in [0.1, 0.15) is 19.8 Å². The molecule has 2 aliphatic rings. The molecule has 0 saturated carbocycles. The van der Waals surface area contributed by atoms with Gasteiger partial charge in [0.15, 0.2) is 6.67 Å². The maximum atomic E-state index is 12.0. The number of ether oxygens (including phenoxy) is 1. The number of quaternary nitrogens is 1. The summed E-state index contributed by atoms with van der Waals surface area (Å²) in [6.45, 7) is 5.60. The Morgan fingerprint density at radius 3 is 2.76 bits per heavy atom. The molecule has 0 aromatic carbocycles. The second kappa shape index (κ2) is 5.46. The van der Waals surface area contributed by atoms with Crippen molar-refractivity contribution in [3.05, 3.63) is 0 Å². The second-order valence-corrected chi connectivity index (χ2v) is 4.58. The first-order valence-electron chi connectivity index (χ1n) is 6.25. The van der Waals surface area contributed by atoms with E-state index in [4.69, 9.17) is 4.74 Å². The Labute approximate surface area is 101 Å². The lowest BCUT2D eigenvalue weighted by molar-refractivity contribution is -0.915. The van der Waals surface area contributed by atoms with E-state index in [0.717, 1.165) is 25.9 Å². The molecule has 0 bridgehead atoms. The van der Waals surface area contributed by atoms with Crippen LogP contribution in [0.3, 0.4) is 0 Å². The summed E-state index contributed by atoms with van der Waals surface area (Å²) in [5.41, 5.74) is 0. The number of morpholine rings is 1. The molecule has 0 spiro atoms. The Bertz CT molecular complexity index is 302. The van der Waals surface area contributed by atoms with Crippen LogP contribution in [0.25, 0.3) is 0 Å². The Morgan fingerprint density at radius 1 is 1.41 bits per heavy atom. The summed E-state index contributed by atoms with van der Waals surface area (Å²) in [5, 5.41) is 2.74. The van der Waals surface area contributed by atoms with Crippen LogP contribution in [0.15, 0.2) is 0 Å². The number of nitrogens with zero attached hydrogens (tertiary/aromatic N) is 1. The van der Waals surface area contributed by atoms with E-state index in [9.17, 15) is 9.59 Å². The molecule has 0 radical (unpaired) electrons. The standard InChI is InChI=1S/C11H19N3O3/c1-2-3-9-10(15)14(11(16)12-9)8-13-4-6-17-7-5-13/h9H,2-8H2,1H3,(H,12,16)/p+1/t9-/m1/s1. The Kier molecular flexibility index (Phi) is 3.96. The number of nitrogens with one attached hydrogen (secondary N) is 2. The molecule has 0 aromatic heterocycles. The van der Waals surface area contributed by atoms with E-state index in [1.54, 1.807) is 0 Å².